The number of benzene rings is 2. The van der Waals surface area contributed by atoms with Gasteiger partial charge in [0.25, 0.3) is 0 Å². The van der Waals surface area contributed by atoms with Crippen molar-refractivity contribution in [1.82, 2.24) is 0 Å². The van der Waals surface area contributed by atoms with Gasteiger partial charge in [-0.25, -0.2) is 4.79 Å². The summed E-state index contributed by atoms with van der Waals surface area (Å²) in [5.74, 6) is 0.257. The summed E-state index contributed by atoms with van der Waals surface area (Å²) >= 11 is 5.60. The van der Waals surface area contributed by atoms with Gasteiger partial charge in [0.15, 0.2) is 0 Å². The summed E-state index contributed by atoms with van der Waals surface area (Å²) in [6, 6.07) is 15.1. The number of nitrogens with zero attached hydrogens (tertiary/aromatic N) is 2. The van der Waals surface area contributed by atoms with E-state index in [1.165, 1.54) is 18.5 Å². The van der Waals surface area contributed by atoms with E-state index >= 15 is 0 Å². The zero-order chi connectivity index (χ0) is 22.9. The highest BCUT2D eigenvalue weighted by atomic mass is 35.5. The summed E-state index contributed by atoms with van der Waals surface area (Å²) in [5.41, 5.74) is 7.79. The molecular weight excluding hydrogens is 428 g/mol. The van der Waals surface area contributed by atoms with Crippen LogP contribution in [0.5, 0.6) is 0 Å². The molecule has 0 aliphatic carbocycles. The first-order chi connectivity index (χ1) is 15.5. The maximum Gasteiger partial charge on any atom is 0.316 e. The molecule has 1 unspecified atom stereocenters. The van der Waals surface area contributed by atoms with Crippen LogP contribution in [-0.4, -0.2) is 44.8 Å². The Labute approximate surface area is 194 Å². The normalized spacial score (nSPS) is 18.2. The minimum absolute atomic E-state index is 0.257. The molecule has 8 heteroatoms. The number of hydrogen-bond donors (Lipinski definition) is 2. The van der Waals surface area contributed by atoms with E-state index in [0.29, 0.717) is 23.2 Å². The molecule has 32 heavy (non-hydrogen) atoms. The number of primary amides is 1. The molecule has 4 rings (SSSR count). The van der Waals surface area contributed by atoms with Crippen molar-refractivity contribution in [3.63, 3.8) is 0 Å². The van der Waals surface area contributed by atoms with E-state index in [9.17, 15) is 9.59 Å². The van der Waals surface area contributed by atoms with Gasteiger partial charge in [-0.05, 0) is 74.2 Å². The maximum atomic E-state index is 12.0. The maximum absolute atomic E-state index is 12.0. The lowest BCUT2D eigenvalue weighted by Gasteiger charge is -2.29. The molecule has 0 radical (unpaired) electrons. The summed E-state index contributed by atoms with van der Waals surface area (Å²) in [6.07, 6.45) is 5.24. The van der Waals surface area contributed by atoms with Crippen LogP contribution in [0, 0.1) is 0 Å². The molecule has 0 saturated carbocycles. The van der Waals surface area contributed by atoms with Gasteiger partial charge in [-0.3, -0.25) is 4.79 Å². The van der Waals surface area contributed by atoms with Crippen LogP contribution in [0.1, 0.15) is 32.1 Å². The van der Waals surface area contributed by atoms with Crippen LogP contribution in [-0.2, 0) is 9.53 Å². The van der Waals surface area contributed by atoms with E-state index in [-0.39, 0.29) is 5.91 Å². The second-order valence-electron chi connectivity index (χ2n) is 7.96. The molecule has 172 valence electrons. The fraction of sp³-hybridized carbons (Fsp3) is 0.417. The Morgan fingerprint density at radius 1 is 1.06 bits per heavy atom. The summed E-state index contributed by atoms with van der Waals surface area (Å²) < 4.78 is 5.32. The highest BCUT2D eigenvalue weighted by Gasteiger charge is 2.25. The molecule has 2 aliphatic rings. The summed E-state index contributed by atoms with van der Waals surface area (Å²) in [5, 5.41) is 3.04. The van der Waals surface area contributed by atoms with Crippen molar-refractivity contribution < 1.29 is 14.3 Å². The molecule has 2 aliphatic heterocycles. The smallest absolute Gasteiger partial charge is 0.316 e. The Morgan fingerprint density at radius 2 is 1.75 bits per heavy atom. The first kappa shape index (κ1) is 23.9. The quantitative estimate of drug-likeness (QED) is 0.682. The Morgan fingerprint density at radius 3 is 2.38 bits per heavy atom. The number of urea groups is 1. The number of methoxy groups -OCH3 is 1. The van der Waals surface area contributed by atoms with Gasteiger partial charge in [0.05, 0.1) is 12.6 Å². The van der Waals surface area contributed by atoms with Crippen LogP contribution < -0.4 is 20.9 Å². The molecular formula is C24H31ClN4O3. The molecule has 0 bridgehead atoms. The van der Waals surface area contributed by atoms with E-state index < -0.39 is 6.03 Å². The minimum Gasteiger partial charge on any atom is -0.383 e. The number of halogens is 1. The van der Waals surface area contributed by atoms with Gasteiger partial charge in [0.1, 0.15) is 0 Å². The van der Waals surface area contributed by atoms with Crippen LogP contribution in [0.15, 0.2) is 48.5 Å². The van der Waals surface area contributed by atoms with Crippen LogP contribution in [0.2, 0.25) is 5.02 Å². The number of hydrogen-bond acceptors (Lipinski definition) is 4. The number of ether oxygens (including phenoxy) is 1. The second-order valence-corrected chi connectivity index (χ2v) is 8.40. The molecule has 2 heterocycles. The number of amides is 3. The molecule has 2 aromatic carbocycles. The van der Waals surface area contributed by atoms with Gasteiger partial charge >= 0.3 is 6.03 Å². The summed E-state index contributed by atoms with van der Waals surface area (Å²) in [7, 11) is 1.77. The molecule has 1 atom stereocenters. The number of anilines is 3. The Kier molecular flexibility index (Phi) is 8.76. The second kappa shape index (κ2) is 11.7. The highest BCUT2D eigenvalue weighted by Crippen LogP contribution is 2.29. The van der Waals surface area contributed by atoms with E-state index in [2.05, 4.69) is 34.5 Å². The van der Waals surface area contributed by atoms with Gasteiger partial charge in [0, 0.05) is 48.7 Å². The molecule has 7 nitrogen and oxygen atoms in total. The number of nitrogens with two attached hydrogens (primary N) is 1. The number of rotatable bonds is 5. The van der Waals surface area contributed by atoms with E-state index in [0.717, 1.165) is 38.2 Å². The van der Waals surface area contributed by atoms with E-state index in [1.807, 2.05) is 4.90 Å². The molecule has 2 fully saturated rings. The van der Waals surface area contributed by atoms with Crippen molar-refractivity contribution >= 4 is 40.6 Å². The van der Waals surface area contributed by atoms with Crippen LogP contribution in [0.3, 0.4) is 0 Å². The number of piperidine rings is 1. The number of carbonyl (C=O) groups excluding carboxylic acids is 2. The van der Waals surface area contributed by atoms with Crippen LogP contribution >= 0.6 is 11.6 Å². The fourth-order valence-corrected chi connectivity index (χ4v) is 4.25. The zero-order valence-corrected chi connectivity index (χ0v) is 19.2. The van der Waals surface area contributed by atoms with Gasteiger partial charge in [-0.2, -0.15) is 0 Å². The number of nitrogens with one attached hydrogen (secondary N) is 1. The van der Waals surface area contributed by atoms with Crippen LogP contribution in [0.25, 0.3) is 0 Å². The highest BCUT2D eigenvalue weighted by molar-refractivity contribution is 6.30. The van der Waals surface area contributed by atoms with Gasteiger partial charge < -0.3 is 25.6 Å². The Bertz CT molecular complexity index is 889. The lowest BCUT2D eigenvalue weighted by atomic mass is 10.1. The molecule has 2 aromatic rings. The molecule has 3 N–H and O–H groups in total. The van der Waals surface area contributed by atoms with Crippen molar-refractivity contribution in [2.45, 2.75) is 38.1 Å². The lowest BCUT2D eigenvalue weighted by Crippen LogP contribution is -2.35. The summed E-state index contributed by atoms with van der Waals surface area (Å²) in [6.45, 7) is 2.73. The van der Waals surface area contributed by atoms with E-state index in [4.69, 9.17) is 22.1 Å². The molecule has 0 spiro atoms. The first-order valence-electron chi connectivity index (χ1n) is 11.0. The number of carbonyl (C=O) groups is 2. The van der Waals surface area contributed by atoms with Crippen molar-refractivity contribution in [3.8, 4) is 0 Å². The van der Waals surface area contributed by atoms with Crippen molar-refractivity contribution in [2.75, 3.05) is 41.9 Å². The predicted molar refractivity (Wildman–Crippen MR) is 130 cm³/mol. The molecule has 2 saturated heterocycles. The molecule has 0 aromatic heterocycles. The van der Waals surface area contributed by atoms with Crippen molar-refractivity contribution in [1.29, 1.82) is 0 Å². The largest absolute Gasteiger partial charge is 0.383 e. The average Bonchev–Trinajstić information content (AvgIpc) is 3.25. The minimum atomic E-state index is -0.577. The average molecular weight is 459 g/mol. The predicted octanol–water partition coefficient (Wildman–Crippen LogP) is 4.65. The SMILES string of the molecule is COCC1CCCN1c1ccc(N2CCCCC2=O)cc1.NC(=O)Nc1ccc(Cl)cc1. The van der Waals surface area contributed by atoms with Gasteiger partial charge in [-0.1, -0.05) is 11.6 Å². The standard InChI is InChI=1S/C17H24N2O2.C7H7ClN2O/c1-21-13-16-5-4-12-18(16)14-7-9-15(10-8-14)19-11-3-2-6-17(19)20;8-5-1-3-6(4-2-5)10-7(9)11/h7-10,16H,2-6,11-13H2,1H3;1-4H,(H3,9,10,11). The first-order valence-corrected chi connectivity index (χ1v) is 11.3. The monoisotopic (exact) mass is 458 g/mol. The fourth-order valence-electron chi connectivity index (χ4n) is 4.12. The van der Waals surface area contributed by atoms with Crippen LogP contribution in [0.4, 0.5) is 21.9 Å². The van der Waals surface area contributed by atoms with Gasteiger partial charge in [-0.15, -0.1) is 0 Å². The third-order valence-corrected chi connectivity index (χ3v) is 5.92. The third kappa shape index (κ3) is 6.61. The molecule has 3 amide bonds. The lowest BCUT2D eigenvalue weighted by molar-refractivity contribution is -0.119. The van der Waals surface area contributed by atoms with Crippen molar-refractivity contribution in [3.05, 3.63) is 53.6 Å². The summed E-state index contributed by atoms with van der Waals surface area (Å²) in [4.78, 5) is 26.6. The van der Waals surface area contributed by atoms with E-state index in [1.54, 1.807) is 31.4 Å². The third-order valence-electron chi connectivity index (χ3n) is 5.66. The topological polar surface area (TPSA) is 87.9 Å². The van der Waals surface area contributed by atoms with Crippen molar-refractivity contribution in [2.24, 2.45) is 5.73 Å². The van der Waals surface area contributed by atoms with Gasteiger partial charge in [0.2, 0.25) is 5.91 Å². The Hall–Kier alpha value is -2.77. The zero-order valence-electron chi connectivity index (χ0n) is 18.4. The Balaban J connectivity index is 0.000000222.